The smallest absolute Gasteiger partial charge is 0.265 e. The number of benzene rings is 2. The molecule has 1 unspecified atom stereocenters. The summed E-state index contributed by atoms with van der Waals surface area (Å²) in [5.41, 5.74) is 1.80. The minimum atomic E-state index is -0.710. The molecule has 1 amide bonds. The zero-order chi connectivity index (χ0) is 20.8. The Morgan fingerprint density at radius 2 is 1.55 bits per heavy atom. The van der Waals surface area contributed by atoms with Crippen molar-refractivity contribution in [3.8, 4) is 23.0 Å². The number of anilines is 1. The first-order chi connectivity index (χ1) is 14.0. The minimum Gasteiger partial charge on any atom is -0.493 e. The van der Waals surface area contributed by atoms with E-state index >= 15 is 0 Å². The van der Waals surface area contributed by atoms with E-state index in [1.165, 1.54) is 5.56 Å². The first-order valence-electron chi connectivity index (χ1n) is 9.16. The normalized spacial score (nSPS) is 14.9. The van der Waals surface area contributed by atoms with Crippen molar-refractivity contribution in [1.82, 2.24) is 0 Å². The third kappa shape index (κ3) is 5.25. The van der Waals surface area contributed by atoms with E-state index < -0.39 is 6.10 Å². The quantitative estimate of drug-likeness (QED) is 0.650. The molecule has 3 rings (SSSR count). The third-order valence-electron chi connectivity index (χ3n) is 4.41. The highest BCUT2D eigenvalue weighted by atomic mass is 32.2. The van der Waals surface area contributed by atoms with Gasteiger partial charge in [-0.3, -0.25) is 4.79 Å². The van der Waals surface area contributed by atoms with Gasteiger partial charge in [0.15, 0.2) is 29.1 Å². The first kappa shape index (κ1) is 21.5. The van der Waals surface area contributed by atoms with Crippen LogP contribution in [0.3, 0.4) is 0 Å². The number of thioether (sulfide) groups is 2. The van der Waals surface area contributed by atoms with Gasteiger partial charge in [0.1, 0.15) is 0 Å². The maximum absolute atomic E-state index is 12.6. The number of methoxy groups -OCH3 is 3. The average Bonchev–Trinajstić information content (AvgIpc) is 3.28. The molecule has 0 spiro atoms. The predicted octanol–water partition coefficient (Wildman–Crippen LogP) is 4.60. The fourth-order valence-electron chi connectivity index (χ4n) is 2.88. The molecule has 0 aliphatic carbocycles. The van der Waals surface area contributed by atoms with Crippen molar-refractivity contribution in [3.05, 3.63) is 42.0 Å². The van der Waals surface area contributed by atoms with Crippen LogP contribution in [-0.4, -0.2) is 44.8 Å². The van der Waals surface area contributed by atoms with Crippen LogP contribution in [0.5, 0.6) is 23.0 Å². The lowest BCUT2D eigenvalue weighted by Crippen LogP contribution is -2.30. The summed E-state index contributed by atoms with van der Waals surface area (Å²) < 4.78 is 22.3. The van der Waals surface area contributed by atoms with Crippen molar-refractivity contribution in [2.75, 3.05) is 38.2 Å². The number of carbonyl (C=O) groups is 1. The van der Waals surface area contributed by atoms with Gasteiger partial charge in [0.2, 0.25) is 0 Å². The van der Waals surface area contributed by atoms with E-state index in [1.807, 2.05) is 41.7 Å². The summed E-state index contributed by atoms with van der Waals surface area (Å²) in [6.07, 6.45) is -0.710. The van der Waals surface area contributed by atoms with Crippen molar-refractivity contribution in [3.63, 3.8) is 0 Å². The van der Waals surface area contributed by atoms with E-state index in [0.717, 1.165) is 11.5 Å². The second-order valence-corrected chi connectivity index (χ2v) is 9.03. The van der Waals surface area contributed by atoms with E-state index in [2.05, 4.69) is 5.32 Å². The molecule has 0 bridgehead atoms. The third-order valence-corrected chi connectivity index (χ3v) is 7.51. The van der Waals surface area contributed by atoms with Crippen LogP contribution in [0, 0.1) is 0 Å². The van der Waals surface area contributed by atoms with Crippen LogP contribution < -0.4 is 24.3 Å². The van der Waals surface area contributed by atoms with Gasteiger partial charge in [-0.2, -0.15) is 0 Å². The van der Waals surface area contributed by atoms with Gasteiger partial charge in [-0.15, -0.1) is 23.5 Å². The molecule has 1 saturated heterocycles. The molecule has 1 fully saturated rings. The Balaban J connectivity index is 1.67. The summed E-state index contributed by atoms with van der Waals surface area (Å²) >= 11 is 3.86. The summed E-state index contributed by atoms with van der Waals surface area (Å²) in [7, 11) is 4.72. The monoisotopic (exact) mass is 435 g/mol. The molecule has 6 nitrogen and oxygen atoms in total. The Kier molecular flexibility index (Phi) is 7.44. The minimum absolute atomic E-state index is 0.273. The predicted molar refractivity (Wildman–Crippen MR) is 119 cm³/mol. The van der Waals surface area contributed by atoms with Crippen LogP contribution in [0.15, 0.2) is 36.4 Å². The molecule has 0 radical (unpaired) electrons. The molecule has 1 N–H and O–H groups in total. The number of rotatable bonds is 8. The van der Waals surface area contributed by atoms with Crippen molar-refractivity contribution in [2.24, 2.45) is 0 Å². The maximum atomic E-state index is 12.6. The number of amides is 1. The zero-order valence-corrected chi connectivity index (χ0v) is 18.5. The van der Waals surface area contributed by atoms with E-state index in [-0.39, 0.29) is 5.91 Å². The summed E-state index contributed by atoms with van der Waals surface area (Å²) in [5.74, 6) is 4.34. The molecule has 0 aromatic heterocycles. The fraction of sp³-hybridized carbons (Fsp3) is 0.381. The standard InChI is InChI=1S/C21H25NO5S2/c1-13(20(23)22-15-6-8-16(24-2)19(12-15)26-4)27-17-7-5-14(11-18(17)25-3)21-28-9-10-29-21/h5-8,11-13,21H,9-10H2,1-4H3,(H,22,23). The zero-order valence-electron chi connectivity index (χ0n) is 16.9. The van der Waals surface area contributed by atoms with Gasteiger partial charge < -0.3 is 24.3 Å². The van der Waals surface area contributed by atoms with Gasteiger partial charge in [0, 0.05) is 23.3 Å². The Labute approximate surface area is 179 Å². The van der Waals surface area contributed by atoms with Gasteiger partial charge in [-0.1, -0.05) is 6.07 Å². The first-order valence-corrected chi connectivity index (χ1v) is 11.3. The number of hydrogen-bond donors (Lipinski definition) is 1. The van der Waals surface area contributed by atoms with E-state index in [4.69, 9.17) is 18.9 Å². The summed E-state index contributed by atoms with van der Waals surface area (Å²) in [5, 5.41) is 2.83. The van der Waals surface area contributed by atoms with Crippen molar-refractivity contribution in [2.45, 2.75) is 17.6 Å². The Bertz CT molecular complexity index is 855. The molecule has 0 saturated carbocycles. The molecule has 2 aromatic rings. The Morgan fingerprint density at radius 1 is 0.931 bits per heavy atom. The summed E-state index contributed by atoms with van der Waals surface area (Å²) in [4.78, 5) is 12.6. The topological polar surface area (TPSA) is 66.0 Å². The Morgan fingerprint density at radius 3 is 2.21 bits per heavy atom. The van der Waals surface area contributed by atoms with Crippen LogP contribution in [-0.2, 0) is 4.79 Å². The molecule has 1 aliphatic rings. The molecule has 1 aliphatic heterocycles. The molecule has 156 valence electrons. The summed E-state index contributed by atoms with van der Waals surface area (Å²) in [6, 6.07) is 11.1. The summed E-state index contributed by atoms with van der Waals surface area (Å²) in [6.45, 7) is 1.70. The van der Waals surface area contributed by atoms with Crippen molar-refractivity contribution >= 4 is 35.1 Å². The van der Waals surface area contributed by atoms with Crippen LogP contribution in [0.4, 0.5) is 5.69 Å². The maximum Gasteiger partial charge on any atom is 0.265 e. The van der Waals surface area contributed by atoms with Crippen LogP contribution in [0.1, 0.15) is 17.1 Å². The molecule has 1 heterocycles. The van der Waals surface area contributed by atoms with Gasteiger partial charge in [0.05, 0.1) is 25.9 Å². The molecule has 1 atom stereocenters. The van der Waals surface area contributed by atoms with Gasteiger partial charge >= 0.3 is 0 Å². The number of carbonyl (C=O) groups excluding carboxylic acids is 1. The second-order valence-electron chi connectivity index (χ2n) is 6.30. The fourth-order valence-corrected chi connectivity index (χ4v) is 5.72. The molecular weight excluding hydrogens is 410 g/mol. The SMILES string of the molecule is COc1ccc(NC(=O)C(C)Oc2ccc(C3SCCS3)cc2OC)cc1OC. The van der Waals surface area contributed by atoms with E-state index in [0.29, 0.717) is 33.3 Å². The highest BCUT2D eigenvalue weighted by Crippen LogP contribution is 2.47. The van der Waals surface area contributed by atoms with E-state index in [1.54, 1.807) is 46.5 Å². The lowest BCUT2D eigenvalue weighted by molar-refractivity contribution is -0.122. The second kappa shape index (κ2) is 10.0. The lowest BCUT2D eigenvalue weighted by Gasteiger charge is -2.18. The van der Waals surface area contributed by atoms with Gasteiger partial charge in [0.25, 0.3) is 5.91 Å². The number of nitrogens with one attached hydrogen (secondary N) is 1. The number of ether oxygens (including phenoxy) is 4. The number of hydrogen-bond acceptors (Lipinski definition) is 7. The van der Waals surface area contributed by atoms with Crippen LogP contribution in [0.25, 0.3) is 0 Å². The largest absolute Gasteiger partial charge is 0.493 e. The van der Waals surface area contributed by atoms with Crippen LogP contribution in [0.2, 0.25) is 0 Å². The Hall–Kier alpha value is -2.19. The van der Waals surface area contributed by atoms with Gasteiger partial charge in [-0.05, 0) is 36.8 Å². The highest BCUT2D eigenvalue weighted by Gasteiger charge is 2.22. The lowest BCUT2D eigenvalue weighted by atomic mass is 10.2. The van der Waals surface area contributed by atoms with Crippen LogP contribution >= 0.6 is 23.5 Å². The molecular formula is C21H25NO5S2. The van der Waals surface area contributed by atoms with Crippen molar-refractivity contribution < 1.29 is 23.7 Å². The molecule has 29 heavy (non-hydrogen) atoms. The molecule has 2 aromatic carbocycles. The molecule has 8 heteroatoms. The average molecular weight is 436 g/mol. The van der Waals surface area contributed by atoms with E-state index in [9.17, 15) is 4.79 Å². The van der Waals surface area contributed by atoms with Crippen molar-refractivity contribution in [1.29, 1.82) is 0 Å². The van der Waals surface area contributed by atoms with Gasteiger partial charge in [-0.25, -0.2) is 0 Å². The highest BCUT2D eigenvalue weighted by molar-refractivity contribution is 8.19.